The van der Waals surface area contributed by atoms with E-state index in [0.29, 0.717) is 12.8 Å². The number of carbonyl (C=O) groups excluding carboxylic acids is 3. The van der Waals surface area contributed by atoms with Crippen molar-refractivity contribution in [2.24, 2.45) is 0 Å². The fraction of sp³-hybridized carbons (Fsp3) is 0.571. The summed E-state index contributed by atoms with van der Waals surface area (Å²) in [4.78, 5) is 35.6. The van der Waals surface area contributed by atoms with E-state index >= 15 is 0 Å². The zero-order chi connectivity index (χ0) is 19.6. The largest absolute Gasteiger partial charge is 0.456 e. The molecule has 6 heteroatoms. The molecule has 2 N–H and O–H groups in total. The fourth-order valence-corrected chi connectivity index (χ4v) is 3.22. The van der Waals surface area contributed by atoms with Crippen LogP contribution in [0, 0.1) is 13.8 Å². The summed E-state index contributed by atoms with van der Waals surface area (Å²) in [5, 5.41) is 5.77. The SMILES string of the molecule is Cc1ccc(C)c(NC(=O)COC(=O)CCCC(=O)NC2CCCCC2)c1. The van der Waals surface area contributed by atoms with Crippen molar-refractivity contribution in [2.75, 3.05) is 11.9 Å². The summed E-state index contributed by atoms with van der Waals surface area (Å²) < 4.78 is 5.00. The second-order valence-corrected chi connectivity index (χ2v) is 7.28. The van der Waals surface area contributed by atoms with Gasteiger partial charge in [0.25, 0.3) is 5.91 Å². The summed E-state index contributed by atoms with van der Waals surface area (Å²) in [5.41, 5.74) is 2.71. The minimum atomic E-state index is -0.461. The van der Waals surface area contributed by atoms with E-state index in [-0.39, 0.29) is 30.9 Å². The first-order chi connectivity index (χ1) is 12.9. The lowest BCUT2D eigenvalue weighted by molar-refractivity contribution is -0.147. The number of amides is 2. The minimum Gasteiger partial charge on any atom is -0.456 e. The maximum atomic E-state index is 11.9. The summed E-state index contributed by atoms with van der Waals surface area (Å²) in [7, 11) is 0. The second-order valence-electron chi connectivity index (χ2n) is 7.28. The van der Waals surface area contributed by atoms with E-state index in [2.05, 4.69) is 10.6 Å². The highest BCUT2D eigenvalue weighted by atomic mass is 16.5. The van der Waals surface area contributed by atoms with Crippen molar-refractivity contribution in [2.45, 2.75) is 71.3 Å². The Morgan fingerprint density at radius 2 is 1.78 bits per heavy atom. The smallest absolute Gasteiger partial charge is 0.306 e. The number of rotatable bonds is 8. The number of hydrogen-bond donors (Lipinski definition) is 2. The highest BCUT2D eigenvalue weighted by molar-refractivity contribution is 5.93. The Labute approximate surface area is 161 Å². The molecule has 2 rings (SSSR count). The standard InChI is InChI=1S/C21H30N2O4/c1-15-11-12-16(2)18(13-15)23-20(25)14-27-21(26)10-6-9-19(24)22-17-7-4-3-5-8-17/h11-13,17H,3-10,14H2,1-2H3,(H,22,24)(H,23,25). The average molecular weight is 374 g/mol. The van der Waals surface area contributed by atoms with Gasteiger partial charge in [-0.2, -0.15) is 0 Å². The average Bonchev–Trinajstić information content (AvgIpc) is 2.64. The molecule has 1 aromatic carbocycles. The number of aryl methyl sites for hydroxylation is 2. The Balaban J connectivity index is 1.60. The number of anilines is 1. The molecular formula is C21H30N2O4. The molecule has 0 unspecified atom stereocenters. The molecule has 1 fully saturated rings. The van der Waals surface area contributed by atoms with E-state index < -0.39 is 5.97 Å². The van der Waals surface area contributed by atoms with Gasteiger partial charge in [-0.25, -0.2) is 0 Å². The topological polar surface area (TPSA) is 84.5 Å². The van der Waals surface area contributed by atoms with Gasteiger partial charge in [0.15, 0.2) is 6.61 Å². The van der Waals surface area contributed by atoms with Crippen LogP contribution >= 0.6 is 0 Å². The molecule has 1 aliphatic carbocycles. The summed E-state index contributed by atoms with van der Waals surface area (Å²) in [6, 6.07) is 6.05. The van der Waals surface area contributed by atoms with Crippen LogP contribution in [0.3, 0.4) is 0 Å². The second kappa shape index (κ2) is 10.7. The van der Waals surface area contributed by atoms with Crippen molar-refractivity contribution >= 4 is 23.5 Å². The first-order valence-electron chi connectivity index (χ1n) is 9.76. The first-order valence-corrected chi connectivity index (χ1v) is 9.76. The number of esters is 1. The Morgan fingerprint density at radius 1 is 1.04 bits per heavy atom. The summed E-state index contributed by atoms with van der Waals surface area (Å²) in [5.74, 6) is -0.842. The van der Waals surface area contributed by atoms with Crippen LogP contribution < -0.4 is 10.6 Å². The van der Waals surface area contributed by atoms with Crippen LogP contribution in [-0.2, 0) is 19.1 Å². The molecule has 0 spiro atoms. The van der Waals surface area contributed by atoms with E-state index in [4.69, 9.17) is 4.74 Å². The maximum absolute atomic E-state index is 11.9. The Morgan fingerprint density at radius 3 is 2.52 bits per heavy atom. The molecule has 0 aliphatic heterocycles. The molecule has 0 heterocycles. The molecule has 27 heavy (non-hydrogen) atoms. The van der Waals surface area contributed by atoms with Gasteiger partial charge in [0.2, 0.25) is 5.91 Å². The zero-order valence-corrected chi connectivity index (χ0v) is 16.3. The third-order valence-corrected chi connectivity index (χ3v) is 4.79. The third kappa shape index (κ3) is 7.81. The molecule has 1 aromatic rings. The highest BCUT2D eigenvalue weighted by Crippen LogP contribution is 2.18. The van der Waals surface area contributed by atoms with Crippen LogP contribution in [0.5, 0.6) is 0 Å². The lowest BCUT2D eigenvalue weighted by Crippen LogP contribution is -2.36. The Bertz CT molecular complexity index is 666. The molecule has 2 amide bonds. The van der Waals surface area contributed by atoms with Gasteiger partial charge >= 0.3 is 5.97 Å². The van der Waals surface area contributed by atoms with Crippen LogP contribution in [0.25, 0.3) is 0 Å². The number of carbonyl (C=O) groups is 3. The predicted octanol–water partition coefficient (Wildman–Crippen LogP) is 3.40. The Kier molecular flexibility index (Phi) is 8.30. The first kappa shape index (κ1) is 20.9. The van der Waals surface area contributed by atoms with Crippen LogP contribution in [0.15, 0.2) is 18.2 Å². The fourth-order valence-electron chi connectivity index (χ4n) is 3.22. The van der Waals surface area contributed by atoms with Crippen molar-refractivity contribution in [1.29, 1.82) is 0 Å². The monoisotopic (exact) mass is 374 g/mol. The highest BCUT2D eigenvalue weighted by Gasteiger charge is 2.16. The number of hydrogen-bond acceptors (Lipinski definition) is 4. The lowest BCUT2D eigenvalue weighted by atomic mass is 9.95. The molecular weight excluding hydrogens is 344 g/mol. The maximum Gasteiger partial charge on any atom is 0.306 e. The molecule has 0 radical (unpaired) electrons. The molecule has 148 valence electrons. The van der Waals surface area contributed by atoms with Crippen LogP contribution in [0.4, 0.5) is 5.69 Å². The number of benzene rings is 1. The van der Waals surface area contributed by atoms with Crippen molar-refractivity contribution in [3.05, 3.63) is 29.3 Å². The van der Waals surface area contributed by atoms with Gasteiger partial charge in [0.1, 0.15) is 0 Å². The van der Waals surface area contributed by atoms with Crippen LogP contribution in [0.2, 0.25) is 0 Å². The molecule has 6 nitrogen and oxygen atoms in total. The molecule has 0 saturated heterocycles. The normalized spacial score (nSPS) is 14.4. The summed E-state index contributed by atoms with van der Waals surface area (Å²) in [6.07, 6.45) is 6.54. The number of ether oxygens (including phenoxy) is 1. The number of nitrogens with one attached hydrogen (secondary N) is 2. The molecule has 1 aliphatic rings. The quantitative estimate of drug-likeness (QED) is 0.683. The molecule has 0 atom stereocenters. The zero-order valence-electron chi connectivity index (χ0n) is 16.3. The molecule has 0 aromatic heterocycles. The van der Waals surface area contributed by atoms with E-state index in [1.807, 2.05) is 32.0 Å². The van der Waals surface area contributed by atoms with Gasteiger partial charge in [0.05, 0.1) is 0 Å². The van der Waals surface area contributed by atoms with E-state index in [1.165, 1.54) is 19.3 Å². The van der Waals surface area contributed by atoms with Gasteiger partial charge in [-0.05, 0) is 50.3 Å². The molecule has 0 bridgehead atoms. The van der Waals surface area contributed by atoms with E-state index in [9.17, 15) is 14.4 Å². The Hall–Kier alpha value is -2.37. The van der Waals surface area contributed by atoms with Crippen LogP contribution in [0.1, 0.15) is 62.5 Å². The predicted molar refractivity (Wildman–Crippen MR) is 104 cm³/mol. The summed E-state index contributed by atoms with van der Waals surface area (Å²) in [6.45, 7) is 3.53. The van der Waals surface area contributed by atoms with Crippen LogP contribution in [-0.4, -0.2) is 30.4 Å². The van der Waals surface area contributed by atoms with E-state index in [0.717, 1.165) is 29.7 Å². The van der Waals surface area contributed by atoms with Crippen molar-refractivity contribution < 1.29 is 19.1 Å². The van der Waals surface area contributed by atoms with E-state index in [1.54, 1.807) is 0 Å². The van der Waals surface area contributed by atoms with Crippen molar-refractivity contribution in [1.82, 2.24) is 5.32 Å². The van der Waals surface area contributed by atoms with Gasteiger partial charge < -0.3 is 15.4 Å². The van der Waals surface area contributed by atoms with Gasteiger partial charge in [-0.3, -0.25) is 14.4 Å². The lowest BCUT2D eigenvalue weighted by Gasteiger charge is -2.22. The van der Waals surface area contributed by atoms with Gasteiger partial charge in [-0.15, -0.1) is 0 Å². The molecule has 1 saturated carbocycles. The minimum absolute atomic E-state index is 0.0117. The van der Waals surface area contributed by atoms with Crippen molar-refractivity contribution in [3.63, 3.8) is 0 Å². The van der Waals surface area contributed by atoms with Gasteiger partial charge in [0, 0.05) is 24.6 Å². The van der Waals surface area contributed by atoms with Gasteiger partial charge in [-0.1, -0.05) is 31.4 Å². The summed E-state index contributed by atoms with van der Waals surface area (Å²) >= 11 is 0. The third-order valence-electron chi connectivity index (χ3n) is 4.79. The van der Waals surface area contributed by atoms with Crippen molar-refractivity contribution in [3.8, 4) is 0 Å².